The molecule has 0 heterocycles. The van der Waals surface area contributed by atoms with E-state index in [1.807, 2.05) is 0 Å². The van der Waals surface area contributed by atoms with Gasteiger partial charge in [-0.2, -0.15) is 5.26 Å². The normalized spacial score (nSPS) is 30.2. The van der Waals surface area contributed by atoms with Crippen LogP contribution in [0.2, 0.25) is 0 Å². The summed E-state index contributed by atoms with van der Waals surface area (Å²) in [7, 11) is 0. The Morgan fingerprint density at radius 1 is 1.03 bits per heavy atom. The van der Waals surface area contributed by atoms with E-state index in [0.29, 0.717) is 13.0 Å². The molecule has 0 aromatic heterocycles. The molecular weight excluding hydrogens is 424 g/mol. The lowest BCUT2D eigenvalue weighted by Gasteiger charge is -2.45. The Morgan fingerprint density at radius 2 is 1.73 bits per heavy atom. The number of nitrogens with zero attached hydrogens (tertiary/aromatic N) is 2. The molecule has 2 aliphatic rings. The molecule has 0 saturated heterocycles. The zero-order chi connectivity index (χ0) is 24.7. The quantitative estimate of drug-likeness (QED) is 0.158. The van der Waals surface area contributed by atoms with Gasteiger partial charge in [0, 0.05) is 6.42 Å². The molecule has 0 amide bonds. The summed E-state index contributed by atoms with van der Waals surface area (Å²) in [5.41, 5.74) is -0.0968. The molecule has 0 radical (unpaired) electrons. The Morgan fingerprint density at radius 3 is 2.39 bits per heavy atom. The van der Waals surface area contributed by atoms with Gasteiger partial charge in [0.25, 0.3) is 6.26 Å². The number of hydrogen-bond donors (Lipinski definition) is 0. The Kier molecular flexibility index (Phi) is 9.08. The molecule has 0 aromatic carbocycles. The molecule has 0 bridgehead atoms. The Balaban J connectivity index is 1.78. The minimum Gasteiger partial charge on any atom is -0.434 e. The topological polar surface area (TPSA) is 115 Å². The molecule has 0 aromatic rings. The van der Waals surface area contributed by atoms with Gasteiger partial charge >= 0.3 is 12.1 Å². The number of nitriles is 1. The molecular formula is C25H38N2O6. The maximum atomic E-state index is 12.2. The minimum atomic E-state index is -0.967. The van der Waals surface area contributed by atoms with Crippen molar-refractivity contribution in [3.63, 3.8) is 0 Å². The van der Waals surface area contributed by atoms with Crippen molar-refractivity contribution in [3.05, 3.63) is 0 Å². The standard InChI is InChI=1S/C25H38N2O6/c1-23(2)9-18(8-20(12-23)32-16-26)6-7-21(29)33-22(30)31-13-19-10-24(3,4)14-25(5,11-19)15-27-17-28/h18-20H,6-15H2,1-5H3. The van der Waals surface area contributed by atoms with Gasteiger partial charge in [0.05, 0.1) is 13.2 Å². The highest BCUT2D eigenvalue weighted by molar-refractivity contribution is 5.81. The smallest absolute Gasteiger partial charge is 0.434 e. The summed E-state index contributed by atoms with van der Waals surface area (Å²) >= 11 is 0. The first kappa shape index (κ1) is 26.9. The molecule has 2 saturated carbocycles. The van der Waals surface area contributed by atoms with Gasteiger partial charge in [-0.3, -0.25) is 4.79 Å². The number of aliphatic imine (C=N–C) groups is 1. The largest absolute Gasteiger partial charge is 0.516 e. The fraction of sp³-hybridized carbons (Fsp3) is 0.840. The van der Waals surface area contributed by atoms with E-state index >= 15 is 0 Å². The van der Waals surface area contributed by atoms with E-state index in [1.54, 1.807) is 12.3 Å². The van der Waals surface area contributed by atoms with E-state index in [0.717, 1.165) is 38.5 Å². The van der Waals surface area contributed by atoms with E-state index in [4.69, 9.17) is 19.5 Å². The number of hydrogen-bond acceptors (Lipinski definition) is 8. The summed E-state index contributed by atoms with van der Waals surface area (Å²) < 4.78 is 15.3. The van der Waals surface area contributed by atoms with Crippen LogP contribution in [0.1, 0.15) is 86.0 Å². The minimum absolute atomic E-state index is 0.0278. The maximum absolute atomic E-state index is 12.2. The second-order valence-electron chi connectivity index (χ2n) is 11.9. The molecule has 0 N–H and O–H groups in total. The number of rotatable bonds is 8. The average Bonchev–Trinajstić information content (AvgIpc) is 2.67. The Hall–Kier alpha value is -2.39. The molecule has 0 aliphatic heterocycles. The first-order valence-electron chi connectivity index (χ1n) is 11.8. The molecule has 2 fully saturated rings. The summed E-state index contributed by atoms with van der Waals surface area (Å²) in [5, 5.41) is 8.81. The highest BCUT2D eigenvalue weighted by atomic mass is 16.7. The van der Waals surface area contributed by atoms with Gasteiger partial charge in [-0.05, 0) is 73.0 Å². The van der Waals surface area contributed by atoms with Crippen LogP contribution >= 0.6 is 0 Å². The van der Waals surface area contributed by atoms with Crippen LogP contribution in [0.15, 0.2) is 4.99 Å². The molecule has 2 rings (SSSR count). The zero-order valence-electron chi connectivity index (χ0n) is 20.6. The molecule has 4 unspecified atom stereocenters. The summed E-state index contributed by atoms with van der Waals surface area (Å²) in [6, 6.07) is 0. The Labute approximate surface area is 197 Å². The lowest BCUT2D eigenvalue weighted by atomic mass is 9.61. The van der Waals surface area contributed by atoms with Crippen LogP contribution in [0.3, 0.4) is 0 Å². The number of ether oxygens (including phenoxy) is 3. The summed E-state index contributed by atoms with van der Waals surface area (Å²) in [4.78, 5) is 38.6. The summed E-state index contributed by atoms with van der Waals surface area (Å²) in [6.07, 6.45) is 8.01. The maximum Gasteiger partial charge on any atom is 0.516 e. The van der Waals surface area contributed by atoms with Gasteiger partial charge in [-0.15, -0.1) is 0 Å². The van der Waals surface area contributed by atoms with Gasteiger partial charge in [0.1, 0.15) is 6.10 Å². The van der Waals surface area contributed by atoms with Crippen molar-refractivity contribution < 1.29 is 28.6 Å². The second kappa shape index (κ2) is 11.2. The lowest BCUT2D eigenvalue weighted by molar-refractivity contribution is -0.140. The van der Waals surface area contributed by atoms with Crippen LogP contribution < -0.4 is 0 Å². The van der Waals surface area contributed by atoms with Crippen molar-refractivity contribution in [2.45, 2.75) is 92.1 Å². The van der Waals surface area contributed by atoms with Gasteiger partial charge in [-0.25, -0.2) is 14.6 Å². The van der Waals surface area contributed by atoms with E-state index < -0.39 is 12.1 Å². The van der Waals surface area contributed by atoms with E-state index in [9.17, 15) is 14.4 Å². The predicted molar refractivity (Wildman–Crippen MR) is 120 cm³/mol. The van der Waals surface area contributed by atoms with Crippen LogP contribution in [-0.2, 0) is 23.8 Å². The van der Waals surface area contributed by atoms with Crippen molar-refractivity contribution in [2.75, 3.05) is 13.2 Å². The highest BCUT2D eigenvalue weighted by Crippen LogP contribution is 2.49. The van der Waals surface area contributed by atoms with Crippen molar-refractivity contribution in [2.24, 2.45) is 33.1 Å². The molecule has 8 nitrogen and oxygen atoms in total. The highest BCUT2D eigenvalue weighted by Gasteiger charge is 2.41. The predicted octanol–water partition coefficient (Wildman–Crippen LogP) is 5.31. The Bertz CT molecular complexity index is 795. The van der Waals surface area contributed by atoms with E-state index in [2.05, 4.69) is 39.6 Å². The van der Waals surface area contributed by atoms with Crippen LogP contribution in [0.4, 0.5) is 4.79 Å². The molecule has 2 aliphatic carbocycles. The van der Waals surface area contributed by atoms with Gasteiger partial charge < -0.3 is 14.2 Å². The van der Waals surface area contributed by atoms with Crippen LogP contribution in [0.5, 0.6) is 0 Å². The van der Waals surface area contributed by atoms with Crippen molar-refractivity contribution in [3.8, 4) is 6.26 Å². The summed E-state index contributed by atoms with van der Waals surface area (Å²) in [5.74, 6) is -0.271. The van der Waals surface area contributed by atoms with Crippen LogP contribution in [0, 0.1) is 39.6 Å². The fourth-order valence-electron chi connectivity index (χ4n) is 6.40. The average molecular weight is 463 g/mol. The third-order valence-electron chi connectivity index (χ3n) is 6.88. The molecule has 8 heteroatoms. The third-order valence-corrected chi connectivity index (χ3v) is 6.88. The first-order valence-corrected chi connectivity index (χ1v) is 11.8. The number of esters is 1. The lowest BCUT2D eigenvalue weighted by Crippen LogP contribution is -2.39. The molecule has 184 valence electrons. The van der Waals surface area contributed by atoms with Gasteiger partial charge in [0.15, 0.2) is 0 Å². The molecule has 0 spiro atoms. The van der Waals surface area contributed by atoms with Gasteiger partial charge in [0.2, 0.25) is 6.08 Å². The fourth-order valence-corrected chi connectivity index (χ4v) is 6.40. The molecule has 4 atom stereocenters. The second-order valence-corrected chi connectivity index (χ2v) is 11.9. The monoisotopic (exact) mass is 462 g/mol. The first-order chi connectivity index (χ1) is 15.4. The van der Waals surface area contributed by atoms with E-state index in [-0.39, 0.29) is 47.2 Å². The zero-order valence-corrected chi connectivity index (χ0v) is 20.6. The summed E-state index contributed by atoms with van der Waals surface area (Å²) in [6.45, 7) is 11.2. The van der Waals surface area contributed by atoms with Crippen molar-refractivity contribution in [1.82, 2.24) is 0 Å². The number of carbonyl (C=O) groups is 2. The number of carbonyl (C=O) groups excluding carboxylic acids is 3. The SMILES string of the molecule is CC1(C)CC(CCC(=O)OC(=O)OCC2CC(C)(C)CC(C)(CN=C=O)C2)CC(OC#N)C1. The van der Waals surface area contributed by atoms with E-state index in [1.165, 1.54) is 0 Å². The van der Waals surface area contributed by atoms with Crippen LogP contribution in [-0.4, -0.2) is 37.5 Å². The third kappa shape index (κ3) is 9.17. The molecule has 33 heavy (non-hydrogen) atoms. The van der Waals surface area contributed by atoms with Crippen molar-refractivity contribution >= 4 is 18.2 Å². The number of isocyanates is 1. The van der Waals surface area contributed by atoms with Gasteiger partial charge in [-0.1, -0.05) is 34.6 Å². The van der Waals surface area contributed by atoms with Crippen molar-refractivity contribution in [1.29, 1.82) is 5.26 Å². The van der Waals surface area contributed by atoms with Crippen LogP contribution in [0.25, 0.3) is 0 Å².